The fourth-order valence-electron chi connectivity index (χ4n) is 3.52. The molecular weight excluding hydrogens is 497 g/mol. The number of thioether (sulfide) groups is 2. The summed E-state index contributed by atoms with van der Waals surface area (Å²) in [5, 5.41) is 6.05. The molecule has 0 heterocycles. The van der Waals surface area contributed by atoms with Crippen LogP contribution in [0.1, 0.15) is 49.9 Å². The van der Waals surface area contributed by atoms with Gasteiger partial charge in [-0.25, -0.2) is 0 Å². The van der Waals surface area contributed by atoms with Crippen LogP contribution in [-0.2, 0) is 14.3 Å². The van der Waals surface area contributed by atoms with E-state index in [0.29, 0.717) is 18.5 Å². The second kappa shape index (κ2) is 19.2. The molecule has 0 radical (unpaired) electrons. The number of carbonyl (C=O) groups is 2. The molecule has 0 saturated carbocycles. The van der Waals surface area contributed by atoms with E-state index in [0.717, 1.165) is 79.9 Å². The largest absolute Gasteiger partial charge is 0.382 e. The molecule has 0 fully saturated rings. The Morgan fingerprint density at radius 3 is 2.46 bits per heavy atom. The van der Waals surface area contributed by atoms with Gasteiger partial charge in [-0.15, -0.1) is 11.8 Å². The Morgan fingerprint density at radius 2 is 1.74 bits per heavy atom. The number of hydrogen-bond acceptors (Lipinski definition) is 6. The Balaban J connectivity index is 2.52. The summed E-state index contributed by atoms with van der Waals surface area (Å²) in [6.07, 6.45) is 5.50. The molecule has 0 aliphatic heterocycles. The molecule has 9 heteroatoms. The number of carbonyl (C=O) groups excluding carboxylic acids is 2. The van der Waals surface area contributed by atoms with E-state index >= 15 is 0 Å². The first-order valence-corrected chi connectivity index (χ1v) is 18.6. The van der Waals surface area contributed by atoms with Gasteiger partial charge in [0.1, 0.15) is 0 Å². The molecule has 1 aromatic rings. The number of hydrogen-bond donors (Lipinski definition) is 2. The molecule has 0 aromatic heterocycles. The van der Waals surface area contributed by atoms with Gasteiger partial charge in [-0.2, -0.15) is 11.8 Å². The summed E-state index contributed by atoms with van der Waals surface area (Å²) in [4.78, 5) is 26.3. The minimum atomic E-state index is -1.48. The van der Waals surface area contributed by atoms with Crippen molar-refractivity contribution in [2.45, 2.75) is 69.6 Å². The normalized spacial score (nSPS) is 11.5. The first-order valence-electron chi connectivity index (χ1n) is 12.8. The quantitative estimate of drug-likeness (QED) is 0.117. The van der Waals surface area contributed by atoms with Crippen LogP contribution in [0.15, 0.2) is 23.1 Å². The topological polar surface area (TPSA) is 76.7 Å². The van der Waals surface area contributed by atoms with Gasteiger partial charge in [0.05, 0.1) is 5.69 Å². The minimum Gasteiger partial charge on any atom is -0.382 e. The predicted octanol–water partition coefficient (Wildman–Crippen LogP) is 6.15. The number of benzene rings is 1. The Kier molecular flexibility index (Phi) is 17.5. The zero-order valence-corrected chi connectivity index (χ0v) is 25.0. The molecule has 0 bridgehead atoms. The van der Waals surface area contributed by atoms with Gasteiger partial charge in [0.15, 0.2) is 0 Å². The standard InChI is InChI=1S/C26H46N2O4S2Si/c1-6-31-15-9-16-32-17-10-19-35(4,5)20-13-25(29)28-23-21-22(11-12-24(23)34-7-2)26(30)27-14-8-18-33-3/h11-12,21H,6-10,13-20H2,1-5H3,(H,27,30)(H,28,29). The summed E-state index contributed by atoms with van der Waals surface area (Å²) in [6, 6.07) is 7.68. The van der Waals surface area contributed by atoms with Crippen LogP contribution in [0.3, 0.4) is 0 Å². The Hall–Kier alpha value is -1.00. The molecule has 1 rings (SSSR count). The van der Waals surface area contributed by atoms with Gasteiger partial charge in [0, 0.05) is 57.9 Å². The van der Waals surface area contributed by atoms with E-state index in [1.54, 1.807) is 23.5 Å². The van der Waals surface area contributed by atoms with Crippen LogP contribution in [0.25, 0.3) is 0 Å². The first-order chi connectivity index (χ1) is 16.8. The summed E-state index contributed by atoms with van der Waals surface area (Å²) < 4.78 is 11.0. The lowest BCUT2D eigenvalue weighted by Crippen LogP contribution is -2.28. The summed E-state index contributed by atoms with van der Waals surface area (Å²) in [5.74, 6) is 1.85. The molecule has 0 atom stereocenters. The van der Waals surface area contributed by atoms with Gasteiger partial charge in [0.2, 0.25) is 5.91 Å². The second-order valence-electron chi connectivity index (χ2n) is 9.22. The zero-order valence-electron chi connectivity index (χ0n) is 22.4. The minimum absolute atomic E-state index is 0.0215. The van der Waals surface area contributed by atoms with Crippen LogP contribution in [0, 0.1) is 0 Å². The van der Waals surface area contributed by atoms with E-state index in [1.165, 1.54) is 0 Å². The van der Waals surface area contributed by atoms with Crippen LogP contribution in [0.4, 0.5) is 5.69 Å². The number of anilines is 1. The third-order valence-electron chi connectivity index (χ3n) is 5.58. The van der Waals surface area contributed by atoms with E-state index in [2.05, 4.69) is 36.9 Å². The maximum absolute atomic E-state index is 12.8. The molecule has 0 aliphatic carbocycles. The summed E-state index contributed by atoms with van der Waals surface area (Å²) in [7, 11) is -1.48. The molecule has 200 valence electrons. The van der Waals surface area contributed by atoms with Gasteiger partial charge in [-0.1, -0.05) is 26.1 Å². The highest BCUT2D eigenvalue weighted by Crippen LogP contribution is 2.29. The Bertz CT molecular complexity index is 750. The van der Waals surface area contributed by atoms with Gasteiger partial charge in [-0.3, -0.25) is 9.59 Å². The van der Waals surface area contributed by atoms with Gasteiger partial charge >= 0.3 is 0 Å². The van der Waals surface area contributed by atoms with Crippen molar-refractivity contribution < 1.29 is 19.1 Å². The highest BCUT2D eigenvalue weighted by Gasteiger charge is 2.22. The summed E-state index contributed by atoms with van der Waals surface area (Å²) in [6.45, 7) is 12.5. The van der Waals surface area contributed by atoms with Gasteiger partial charge in [-0.05, 0) is 68.2 Å². The van der Waals surface area contributed by atoms with Crippen LogP contribution in [0.2, 0.25) is 25.2 Å². The van der Waals surface area contributed by atoms with Crippen molar-refractivity contribution in [3.8, 4) is 0 Å². The second-order valence-corrected chi connectivity index (χ2v) is 16.8. The van der Waals surface area contributed by atoms with Crippen molar-refractivity contribution >= 4 is 49.1 Å². The average Bonchev–Trinajstić information content (AvgIpc) is 2.83. The molecule has 0 spiro atoms. The van der Waals surface area contributed by atoms with E-state index in [1.807, 2.05) is 25.1 Å². The maximum atomic E-state index is 12.8. The van der Waals surface area contributed by atoms with Crippen LogP contribution >= 0.6 is 23.5 Å². The van der Waals surface area contributed by atoms with Crippen molar-refractivity contribution in [3.63, 3.8) is 0 Å². The monoisotopic (exact) mass is 542 g/mol. The van der Waals surface area contributed by atoms with Crippen molar-refractivity contribution in [1.82, 2.24) is 5.32 Å². The predicted molar refractivity (Wildman–Crippen MR) is 155 cm³/mol. The van der Waals surface area contributed by atoms with E-state index < -0.39 is 8.07 Å². The fourth-order valence-corrected chi connectivity index (χ4v) is 6.95. The lowest BCUT2D eigenvalue weighted by Gasteiger charge is -2.22. The van der Waals surface area contributed by atoms with Gasteiger partial charge < -0.3 is 20.1 Å². The summed E-state index contributed by atoms with van der Waals surface area (Å²) in [5.41, 5.74) is 1.32. The van der Waals surface area contributed by atoms with Crippen molar-refractivity contribution in [3.05, 3.63) is 23.8 Å². The van der Waals surface area contributed by atoms with Crippen molar-refractivity contribution in [2.24, 2.45) is 0 Å². The van der Waals surface area contributed by atoms with Crippen LogP contribution < -0.4 is 10.6 Å². The van der Waals surface area contributed by atoms with Crippen molar-refractivity contribution in [2.75, 3.05) is 56.1 Å². The lowest BCUT2D eigenvalue weighted by atomic mass is 10.2. The molecule has 2 amide bonds. The third kappa shape index (κ3) is 15.0. The van der Waals surface area contributed by atoms with Crippen molar-refractivity contribution in [1.29, 1.82) is 0 Å². The van der Waals surface area contributed by atoms with Crippen LogP contribution in [0.5, 0.6) is 0 Å². The SMILES string of the molecule is CCOCCCOCCC[Si](C)(C)CCC(=O)Nc1cc(C(=O)NCCCSC)ccc1SCC. The van der Waals surface area contributed by atoms with E-state index in [4.69, 9.17) is 9.47 Å². The number of amides is 2. The van der Waals surface area contributed by atoms with Crippen LogP contribution in [-0.4, -0.2) is 70.6 Å². The molecule has 0 unspecified atom stereocenters. The zero-order chi connectivity index (χ0) is 25.9. The highest BCUT2D eigenvalue weighted by atomic mass is 32.2. The Morgan fingerprint density at radius 1 is 1.00 bits per heavy atom. The molecule has 1 aromatic carbocycles. The number of ether oxygens (including phenoxy) is 2. The van der Waals surface area contributed by atoms with Gasteiger partial charge in [0.25, 0.3) is 5.91 Å². The van der Waals surface area contributed by atoms with E-state index in [-0.39, 0.29) is 11.8 Å². The number of nitrogens with one attached hydrogen (secondary N) is 2. The molecule has 6 nitrogen and oxygen atoms in total. The smallest absolute Gasteiger partial charge is 0.251 e. The summed E-state index contributed by atoms with van der Waals surface area (Å²) >= 11 is 3.44. The Labute approximate surface area is 222 Å². The average molecular weight is 543 g/mol. The third-order valence-corrected chi connectivity index (χ3v) is 10.5. The molecular formula is C26H46N2O4S2Si. The van der Waals surface area contributed by atoms with E-state index in [9.17, 15) is 9.59 Å². The lowest BCUT2D eigenvalue weighted by molar-refractivity contribution is -0.115. The molecule has 0 aliphatic rings. The highest BCUT2D eigenvalue weighted by molar-refractivity contribution is 7.99. The molecule has 2 N–H and O–H groups in total. The fraction of sp³-hybridized carbons (Fsp3) is 0.692. The maximum Gasteiger partial charge on any atom is 0.251 e. The molecule has 35 heavy (non-hydrogen) atoms. The first kappa shape index (κ1) is 32.0. The number of rotatable bonds is 20. The molecule has 0 saturated heterocycles.